The van der Waals surface area contributed by atoms with Gasteiger partial charge < -0.3 is 20.2 Å². The lowest BCUT2D eigenvalue weighted by Crippen LogP contribution is -2.31. The zero-order chi connectivity index (χ0) is 26.8. The molecule has 3 aromatic heterocycles. The van der Waals surface area contributed by atoms with Gasteiger partial charge >= 0.3 is 11.8 Å². The van der Waals surface area contributed by atoms with E-state index in [0.29, 0.717) is 31.3 Å². The maximum Gasteiger partial charge on any atom is 0.309 e. The molecule has 1 saturated carbocycles. The number of nitrogens with zero attached hydrogens (tertiary/aromatic N) is 7. The van der Waals surface area contributed by atoms with Gasteiger partial charge in [0.15, 0.2) is 0 Å². The number of amides is 1. The molecule has 12 nitrogen and oxygen atoms in total. The summed E-state index contributed by atoms with van der Waals surface area (Å²) in [6, 6.07) is 7.78. The lowest BCUT2D eigenvalue weighted by molar-refractivity contribution is 0.0893. The Balaban J connectivity index is 1.25. The van der Waals surface area contributed by atoms with E-state index in [0.717, 1.165) is 53.9 Å². The first kappa shape index (κ1) is 25.1. The van der Waals surface area contributed by atoms with E-state index in [-0.39, 0.29) is 30.4 Å². The van der Waals surface area contributed by atoms with E-state index >= 15 is 0 Å². The van der Waals surface area contributed by atoms with Gasteiger partial charge in [-0.15, -0.1) is 10.2 Å². The molecule has 6 rings (SSSR count). The molecule has 1 atom stereocenters. The molecule has 2 aliphatic rings. The molecule has 4 aromatic rings. The number of hydrogen-bond acceptors (Lipinski definition) is 10. The monoisotopic (exact) mass is 529 g/mol. The van der Waals surface area contributed by atoms with Gasteiger partial charge in [0.2, 0.25) is 11.8 Å². The molecule has 39 heavy (non-hydrogen) atoms. The number of nitrogens with one attached hydrogen (secondary N) is 2. The lowest BCUT2D eigenvalue weighted by atomic mass is 9.85. The maximum absolute atomic E-state index is 13.1. The third kappa shape index (κ3) is 5.52. The molecule has 0 radical (unpaired) electrons. The molecule has 3 N–H and O–H groups in total. The minimum atomic E-state index is -0.370. The van der Waals surface area contributed by atoms with Crippen molar-refractivity contribution in [1.29, 1.82) is 0 Å². The second kappa shape index (κ2) is 10.9. The molecule has 0 unspecified atom stereocenters. The van der Waals surface area contributed by atoms with Gasteiger partial charge in [0.05, 0.1) is 30.2 Å². The van der Waals surface area contributed by atoms with E-state index in [2.05, 4.69) is 41.9 Å². The number of hydrogen-bond donors (Lipinski definition) is 3. The van der Waals surface area contributed by atoms with Crippen molar-refractivity contribution in [2.45, 2.75) is 44.2 Å². The zero-order valence-electron chi connectivity index (χ0n) is 21.7. The minimum Gasteiger partial charge on any atom is -0.417 e. The summed E-state index contributed by atoms with van der Waals surface area (Å²) in [4.78, 5) is 24.3. The molecule has 1 aliphatic carbocycles. The van der Waals surface area contributed by atoms with Crippen LogP contribution < -0.4 is 10.6 Å². The first-order valence-corrected chi connectivity index (χ1v) is 13.2. The van der Waals surface area contributed by atoms with Crippen molar-refractivity contribution in [1.82, 2.24) is 40.2 Å². The molecule has 202 valence electrons. The molecule has 12 heteroatoms. The summed E-state index contributed by atoms with van der Waals surface area (Å²) < 4.78 is 7.40. The van der Waals surface area contributed by atoms with Crippen molar-refractivity contribution < 1.29 is 14.3 Å². The number of anilines is 2. The van der Waals surface area contributed by atoms with Crippen LogP contribution >= 0.6 is 0 Å². The second-order valence-electron chi connectivity index (χ2n) is 10.1. The highest BCUT2D eigenvalue weighted by atomic mass is 16.4. The van der Waals surface area contributed by atoms with Gasteiger partial charge in [0.25, 0.3) is 0 Å². The molecule has 1 aliphatic heterocycles. The van der Waals surface area contributed by atoms with Crippen molar-refractivity contribution in [3.8, 4) is 11.3 Å². The Hall–Kier alpha value is -4.16. The van der Waals surface area contributed by atoms with Crippen molar-refractivity contribution in [2.75, 3.05) is 25.0 Å². The van der Waals surface area contributed by atoms with Gasteiger partial charge in [-0.2, -0.15) is 5.10 Å². The summed E-state index contributed by atoms with van der Waals surface area (Å²) in [6.07, 6.45) is 9.17. The number of β-amino-alcohol motifs (C(OH)–C–C–N with tert-alkyl or cyclic N) is 1. The number of carbonyl (C=O) groups is 1. The SMILES string of the molecule is Cn1cc(Nc2nccc(-c3ccc4c(c3)CN(CCO)CC[C@@H]4NC(=O)c3nnc(C4CCC4)o3)n2)cn1. The Kier molecular flexibility index (Phi) is 7.03. The molecular formula is C27H31N9O3. The number of aryl methyl sites for hydroxylation is 1. The highest BCUT2D eigenvalue weighted by molar-refractivity contribution is 5.89. The average Bonchev–Trinajstić information content (AvgIpc) is 3.51. The molecule has 0 bridgehead atoms. The van der Waals surface area contributed by atoms with Gasteiger partial charge in [-0.3, -0.25) is 14.4 Å². The normalized spacial score (nSPS) is 17.7. The first-order chi connectivity index (χ1) is 19.1. The summed E-state index contributed by atoms with van der Waals surface area (Å²) in [5, 5.41) is 28.2. The maximum atomic E-state index is 13.1. The van der Waals surface area contributed by atoms with Gasteiger partial charge in [0.1, 0.15) is 0 Å². The molecule has 0 spiro atoms. The molecular weight excluding hydrogens is 498 g/mol. The highest BCUT2D eigenvalue weighted by Gasteiger charge is 2.29. The summed E-state index contributed by atoms with van der Waals surface area (Å²) in [5.41, 5.74) is 4.59. The predicted molar refractivity (Wildman–Crippen MR) is 142 cm³/mol. The van der Waals surface area contributed by atoms with Crippen molar-refractivity contribution in [3.63, 3.8) is 0 Å². The van der Waals surface area contributed by atoms with Crippen LogP contribution in [0.1, 0.15) is 65.3 Å². The Labute approximate surface area is 225 Å². The number of aliphatic hydroxyl groups is 1. The molecule has 1 aromatic carbocycles. The van der Waals surface area contributed by atoms with Crippen LogP contribution in [0.2, 0.25) is 0 Å². The van der Waals surface area contributed by atoms with E-state index in [9.17, 15) is 9.90 Å². The standard InChI is InChI=1S/C27H31N9O3/c1-35-16-20(14-29-35)30-27-28-9-7-22(32-27)18-5-6-21-19(13-18)15-36(11-12-37)10-8-23(21)31-24(38)26-34-33-25(39-26)17-3-2-4-17/h5-7,9,13-14,16-17,23,37H,2-4,8,10-12,15H2,1H3,(H,31,38)(H,28,30,32)/t23-/m0/s1. The molecule has 1 amide bonds. The quantitative estimate of drug-likeness (QED) is 0.311. The third-order valence-electron chi connectivity index (χ3n) is 7.37. The Bertz CT molecular complexity index is 1460. The largest absolute Gasteiger partial charge is 0.417 e. The van der Waals surface area contributed by atoms with Crippen LogP contribution in [0.15, 0.2) is 47.3 Å². The summed E-state index contributed by atoms with van der Waals surface area (Å²) in [5.74, 6) is 0.925. The van der Waals surface area contributed by atoms with E-state index in [1.165, 1.54) is 0 Å². The van der Waals surface area contributed by atoms with Crippen LogP contribution in [0.4, 0.5) is 11.6 Å². The first-order valence-electron chi connectivity index (χ1n) is 13.2. The van der Waals surface area contributed by atoms with Crippen LogP contribution in [-0.2, 0) is 13.6 Å². The number of benzene rings is 1. The van der Waals surface area contributed by atoms with Crippen molar-refractivity contribution in [2.24, 2.45) is 7.05 Å². The van der Waals surface area contributed by atoms with Crippen LogP contribution in [-0.4, -0.2) is 65.6 Å². The lowest BCUT2D eigenvalue weighted by Gasteiger charge is -2.21. The van der Waals surface area contributed by atoms with Gasteiger partial charge in [-0.1, -0.05) is 18.6 Å². The smallest absolute Gasteiger partial charge is 0.309 e. The number of aliphatic hydroxyl groups excluding tert-OH is 1. The minimum absolute atomic E-state index is 0.00108. The average molecular weight is 530 g/mol. The highest BCUT2D eigenvalue weighted by Crippen LogP contribution is 2.35. The topological polar surface area (TPSA) is 147 Å². The number of aromatic nitrogens is 6. The van der Waals surface area contributed by atoms with Gasteiger partial charge in [-0.05, 0) is 42.5 Å². The van der Waals surface area contributed by atoms with E-state index in [1.807, 2.05) is 31.4 Å². The Morgan fingerprint density at radius 2 is 2.10 bits per heavy atom. The fraction of sp³-hybridized carbons (Fsp3) is 0.407. The third-order valence-corrected chi connectivity index (χ3v) is 7.37. The molecule has 1 fully saturated rings. The van der Waals surface area contributed by atoms with Crippen molar-refractivity contribution >= 4 is 17.5 Å². The predicted octanol–water partition coefficient (Wildman–Crippen LogP) is 2.94. The van der Waals surface area contributed by atoms with E-state index < -0.39 is 0 Å². The summed E-state index contributed by atoms with van der Waals surface area (Å²) in [7, 11) is 1.85. The van der Waals surface area contributed by atoms with Crippen molar-refractivity contribution in [3.05, 3.63) is 65.8 Å². The molecule has 0 saturated heterocycles. The second-order valence-corrected chi connectivity index (χ2v) is 10.1. The van der Waals surface area contributed by atoms with Crippen LogP contribution in [0.25, 0.3) is 11.3 Å². The molecule has 4 heterocycles. The van der Waals surface area contributed by atoms with Gasteiger partial charge in [-0.25, -0.2) is 9.97 Å². The van der Waals surface area contributed by atoms with Crippen LogP contribution in [0, 0.1) is 0 Å². The summed E-state index contributed by atoms with van der Waals surface area (Å²) in [6.45, 7) is 1.98. The Morgan fingerprint density at radius 1 is 1.21 bits per heavy atom. The van der Waals surface area contributed by atoms with Crippen LogP contribution in [0.3, 0.4) is 0 Å². The number of fused-ring (bicyclic) bond motifs is 1. The number of rotatable bonds is 8. The fourth-order valence-electron chi connectivity index (χ4n) is 5.07. The number of carbonyl (C=O) groups excluding carboxylic acids is 1. The van der Waals surface area contributed by atoms with Gasteiger partial charge in [0, 0.05) is 50.6 Å². The van der Waals surface area contributed by atoms with E-state index in [4.69, 9.17) is 9.40 Å². The zero-order valence-corrected chi connectivity index (χ0v) is 21.7. The van der Waals surface area contributed by atoms with Crippen LogP contribution in [0.5, 0.6) is 0 Å². The van der Waals surface area contributed by atoms with E-state index in [1.54, 1.807) is 17.1 Å². The fourth-order valence-corrected chi connectivity index (χ4v) is 5.07. The Morgan fingerprint density at radius 3 is 2.87 bits per heavy atom. The summed E-state index contributed by atoms with van der Waals surface area (Å²) >= 11 is 0.